The average Bonchev–Trinajstić information content (AvgIpc) is 2.67. The highest BCUT2D eigenvalue weighted by molar-refractivity contribution is 5.72. The Morgan fingerprint density at radius 3 is 1.23 bits per heavy atom. The van der Waals surface area contributed by atoms with E-state index in [0.717, 1.165) is 13.1 Å². The predicted molar refractivity (Wildman–Crippen MR) is 135 cm³/mol. The lowest BCUT2D eigenvalue weighted by molar-refractivity contribution is -0.157. The van der Waals surface area contributed by atoms with Crippen LogP contribution in [0.25, 0.3) is 0 Å². The van der Waals surface area contributed by atoms with Crippen molar-refractivity contribution in [3.63, 3.8) is 0 Å². The molecule has 1 fully saturated rings. The number of hydrogen-bond donors (Lipinski definition) is 0. The smallest absolute Gasteiger partial charge is 0.320 e. The van der Waals surface area contributed by atoms with E-state index in [1.165, 1.54) is 0 Å². The van der Waals surface area contributed by atoms with Crippen LogP contribution in [0.4, 0.5) is 0 Å². The number of nitrogens with zero attached hydrogens (tertiary/aromatic N) is 4. The van der Waals surface area contributed by atoms with Gasteiger partial charge in [-0.25, -0.2) is 0 Å². The lowest BCUT2D eigenvalue weighted by Crippen LogP contribution is -2.48. The molecular formula is C25H48N4O6. The van der Waals surface area contributed by atoms with Gasteiger partial charge in [0.05, 0.1) is 26.2 Å². The minimum Gasteiger partial charge on any atom is -0.465 e. The maximum Gasteiger partial charge on any atom is 0.320 e. The average molecular weight is 501 g/mol. The number of likely N-dealkylation sites (N-methyl/N-ethyl adjacent to an activating group) is 1. The van der Waals surface area contributed by atoms with Crippen molar-refractivity contribution in [2.24, 2.45) is 0 Å². The van der Waals surface area contributed by atoms with Gasteiger partial charge in [0.15, 0.2) is 0 Å². The van der Waals surface area contributed by atoms with Crippen LogP contribution >= 0.6 is 0 Å². The summed E-state index contributed by atoms with van der Waals surface area (Å²) in [6, 6.07) is 0. The molecule has 204 valence electrons. The molecule has 10 nitrogen and oxygen atoms in total. The molecular weight excluding hydrogens is 452 g/mol. The number of rotatable bonds is 7. The Hall–Kier alpha value is -1.75. The molecule has 0 aliphatic carbocycles. The molecule has 1 heterocycles. The van der Waals surface area contributed by atoms with Crippen molar-refractivity contribution in [1.82, 2.24) is 19.6 Å². The first kappa shape index (κ1) is 31.3. The van der Waals surface area contributed by atoms with Crippen molar-refractivity contribution in [3.8, 4) is 0 Å². The molecule has 0 bridgehead atoms. The number of hydrogen-bond acceptors (Lipinski definition) is 10. The fraction of sp³-hybridized carbons (Fsp3) is 0.880. The number of ether oxygens (including phenoxy) is 3. The van der Waals surface area contributed by atoms with Crippen molar-refractivity contribution < 1.29 is 28.6 Å². The van der Waals surface area contributed by atoms with Crippen molar-refractivity contribution in [2.45, 2.75) is 59.7 Å². The summed E-state index contributed by atoms with van der Waals surface area (Å²) in [5.74, 6) is -0.794. The van der Waals surface area contributed by atoms with Gasteiger partial charge in [0.2, 0.25) is 0 Å². The normalized spacial score (nSPS) is 18.9. The van der Waals surface area contributed by atoms with E-state index in [-0.39, 0.29) is 37.5 Å². The van der Waals surface area contributed by atoms with Gasteiger partial charge in [0, 0.05) is 52.4 Å². The molecule has 0 aromatic heterocycles. The molecule has 0 N–H and O–H groups in total. The first-order chi connectivity index (χ1) is 16.2. The summed E-state index contributed by atoms with van der Waals surface area (Å²) < 4.78 is 16.2. The fourth-order valence-corrected chi connectivity index (χ4v) is 3.61. The van der Waals surface area contributed by atoms with Gasteiger partial charge in [-0.2, -0.15) is 0 Å². The largest absolute Gasteiger partial charge is 0.465 e. The number of esters is 3. The lowest BCUT2D eigenvalue weighted by Gasteiger charge is -2.33. The van der Waals surface area contributed by atoms with E-state index in [2.05, 4.69) is 14.7 Å². The second kappa shape index (κ2) is 14.7. The zero-order valence-corrected chi connectivity index (χ0v) is 23.2. The van der Waals surface area contributed by atoms with Crippen LogP contribution in [-0.2, 0) is 28.6 Å². The minimum atomic E-state index is -0.534. The van der Waals surface area contributed by atoms with Crippen LogP contribution in [-0.4, -0.2) is 134 Å². The van der Waals surface area contributed by atoms with Crippen molar-refractivity contribution in [2.75, 3.05) is 85.6 Å². The number of carbonyl (C=O) groups is 3. The Morgan fingerprint density at radius 2 is 0.914 bits per heavy atom. The third kappa shape index (κ3) is 15.8. The molecule has 10 heteroatoms. The van der Waals surface area contributed by atoms with Gasteiger partial charge in [-0.3, -0.25) is 29.1 Å². The Kier molecular flexibility index (Phi) is 13.2. The van der Waals surface area contributed by atoms with E-state index in [0.29, 0.717) is 45.9 Å². The first-order valence-electron chi connectivity index (χ1n) is 12.6. The maximum absolute atomic E-state index is 12.5. The standard InChI is InChI=1S/C25H48N4O6/c1-9-33-21(30)18-29-16-14-27(19-22(31)34-24(2,3)4)12-10-26(8)11-13-28(15-17-29)20-23(32)35-25(5,6)7/h9-20H2,1-8H3. The molecule has 0 atom stereocenters. The minimum absolute atomic E-state index is 0.161. The maximum atomic E-state index is 12.5. The molecule has 0 radical (unpaired) electrons. The Labute approximate surface area is 211 Å². The molecule has 0 aromatic carbocycles. The Morgan fingerprint density at radius 1 is 0.600 bits per heavy atom. The van der Waals surface area contributed by atoms with Crippen LogP contribution in [0.3, 0.4) is 0 Å². The highest BCUT2D eigenvalue weighted by Crippen LogP contribution is 2.09. The van der Waals surface area contributed by atoms with Gasteiger partial charge in [0.25, 0.3) is 0 Å². The second-order valence-electron chi connectivity index (χ2n) is 11.1. The van der Waals surface area contributed by atoms with E-state index in [1.54, 1.807) is 6.92 Å². The van der Waals surface area contributed by atoms with Gasteiger partial charge in [-0.15, -0.1) is 0 Å². The van der Waals surface area contributed by atoms with Crippen molar-refractivity contribution in [3.05, 3.63) is 0 Å². The van der Waals surface area contributed by atoms with Gasteiger partial charge in [0.1, 0.15) is 11.2 Å². The highest BCUT2D eigenvalue weighted by Gasteiger charge is 2.23. The zero-order chi connectivity index (χ0) is 26.6. The van der Waals surface area contributed by atoms with Crippen LogP contribution in [0.1, 0.15) is 48.5 Å². The summed E-state index contributed by atoms with van der Waals surface area (Å²) in [5.41, 5.74) is -1.07. The molecule has 1 aliphatic heterocycles. The third-order valence-corrected chi connectivity index (χ3v) is 5.26. The van der Waals surface area contributed by atoms with E-state index in [4.69, 9.17) is 14.2 Å². The van der Waals surface area contributed by atoms with Crippen LogP contribution in [0.5, 0.6) is 0 Å². The molecule has 0 aromatic rings. The Bertz CT molecular complexity index is 628. The SMILES string of the molecule is CCOC(=O)CN1CCN(CC(=O)OC(C)(C)C)CCN(C)CCN(CC(=O)OC(C)(C)C)CC1. The lowest BCUT2D eigenvalue weighted by atomic mass is 10.2. The van der Waals surface area contributed by atoms with Crippen molar-refractivity contribution >= 4 is 17.9 Å². The van der Waals surface area contributed by atoms with Crippen LogP contribution < -0.4 is 0 Å². The summed E-state index contributed by atoms with van der Waals surface area (Å²) >= 11 is 0. The first-order valence-corrected chi connectivity index (χ1v) is 12.6. The predicted octanol–water partition coefficient (Wildman–Crippen LogP) is 1.08. The van der Waals surface area contributed by atoms with Crippen LogP contribution in [0.2, 0.25) is 0 Å². The summed E-state index contributed by atoms with van der Waals surface area (Å²) in [7, 11) is 2.04. The van der Waals surface area contributed by atoms with Crippen molar-refractivity contribution in [1.29, 1.82) is 0 Å². The van der Waals surface area contributed by atoms with Crippen LogP contribution in [0, 0.1) is 0 Å². The van der Waals surface area contributed by atoms with E-state index in [1.807, 2.05) is 53.5 Å². The van der Waals surface area contributed by atoms with Crippen LogP contribution in [0.15, 0.2) is 0 Å². The van der Waals surface area contributed by atoms with Gasteiger partial charge < -0.3 is 19.1 Å². The fourth-order valence-electron chi connectivity index (χ4n) is 3.61. The zero-order valence-electron chi connectivity index (χ0n) is 23.2. The molecule has 0 amide bonds. The van der Waals surface area contributed by atoms with E-state index in [9.17, 15) is 14.4 Å². The molecule has 35 heavy (non-hydrogen) atoms. The third-order valence-electron chi connectivity index (χ3n) is 5.26. The molecule has 0 saturated carbocycles. The summed E-state index contributed by atoms with van der Waals surface area (Å²) in [6.07, 6.45) is 0. The molecule has 0 spiro atoms. The molecule has 1 aliphatic rings. The number of carbonyl (C=O) groups excluding carboxylic acids is 3. The topological polar surface area (TPSA) is 91.9 Å². The summed E-state index contributed by atoms with van der Waals surface area (Å²) in [4.78, 5) is 45.5. The molecule has 0 unspecified atom stereocenters. The molecule has 1 saturated heterocycles. The van der Waals surface area contributed by atoms with Gasteiger partial charge in [-0.05, 0) is 55.5 Å². The van der Waals surface area contributed by atoms with Gasteiger partial charge >= 0.3 is 17.9 Å². The monoisotopic (exact) mass is 500 g/mol. The van der Waals surface area contributed by atoms with E-state index < -0.39 is 11.2 Å². The highest BCUT2D eigenvalue weighted by atomic mass is 16.6. The van der Waals surface area contributed by atoms with Gasteiger partial charge in [-0.1, -0.05) is 0 Å². The summed E-state index contributed by atoms with van der Waals surface area (Å²) in [5, 5.41) is 0. The molecule has 1 rings (SSSR count). The Balaban J connectivity index is 2.90. The summed E-state index contributed by atoms with van der Waals surface area (Å²) in [6.45, 7) is 19.1. The second-order valence-corrected chi connectivity index (χ2v) is 11.1. The quantitative estimate of drug-likeness (QED) is 0.374. The van der Waals surface area contributed by atoms with E-state index >= 15 is 0 Å².